The van der Waals surface area contributed by atoms with Gasteiger partial charge < -0.3 is 5.73 Å². The van der Waals surface area contributed by atoms with Gasteiger partial charge in [0, 0.05) is 10.6 Å². The van der Waals surface area contributed by atoms with Gasteiger partial charge in [0.15, 0.2) is 0 Å². The molecule has 1 aromatic rings. The number of imide groups is 1. The van der Waals surface area contributed by atoms with Crippen LogP contribution in [0.25, 0.3) is 0 Å². The smallest absolute Gasteiger partial charge is 0.246 e. The SMILES string of the molecule is NC1CC(=O)N(Cc2c(F)cccc2Cl)C1=O. The lowest BCUT2D eigenvalue weighted by Crippen LogP contribution is -2.35. The fourth-order valence-electron chi connectivity index (χ4n) is 1.72. The second-order valence-corrected chi connectivity index (χ2v) is 4.24. The number of carbonyl (C=O) groups is 2. The van der Waals surface area contributed by atoms with E-state index in [0.717, 1.165) is 4.90 Å². The highest BCUT2D eigenvalue weighted by Crippen LogP contribution is 2.23. The Kier molecular flexibility index (Phi) is 3.13. The minimum Gasteiger partial charge on any atom is -0.319 e. The van der Waals surface area contributed by atoms with E-state index in [9.17, 15) is 14.0 Å². The van der Waals surface area contributed by atoms with Crippen LogP contribution in [0.2, 0.25) is 5.02 Å². The number of benzene rings is 1. The van der Waals surface area contributed by atoms with Crippen LogP contribution in [0, 0.1) is 5.82 Å². The van der Waals surface area contributed by atoms with Crippen molar-refractivity contribution in [2.45, 2.75) is 19.0 Å². The molecule has 1 heterocycles. The predicted molar refractivity (Wildman–Crippen MR) is 59.6 cm³/mol. The molecule has 1 aromatic carbocycles. The number of rotatable bonds is 2. The molecule has 1 unspecified atom stereocenters. The summed E-state index contributed by atoms with van der Waals surface area (Å²) in [6, 6.07) is 3.37. The van der Waals surface area contributed by atoms with Crippen molar-refractivity contribution in [3.8, 4) is 0 Å². The van der Waals surface area contributed by atoms with Crippen LogP contribution in [0.3, 0.4) is 0 Å². The Bertz CT molecular complexity index is 472. The molecule has 4 nitrogen and oxygen atoms in total. The molecule has 0 spiro atoms. The summed E-state index contributed by atoms with van der Waals surface area (Å²) in [6.07, 6.45) is -0.0368. The highest BCUT2D eigenvalue weighted by atomic mass is 35.5. The van der Waals surface area contributed by atoms with Gasteiger partial charge >= 0.3 is 0 Å². The Morgan fingerprint density at radius 1 is 1.47 bits per heavy atom. The van der Waals surface area contributed by atoms with Crippen molar-refractivity contribution in [1.29, 1.82) is 0 Å². The molecule has 2 rings (SSSR count). The van der Waals surface area contributed by atoms with Gasteiger partial charge in [-0.15, -0.1) is 0 Å². The van der Waals surface area contributed by atoms with E-state index in [4.69, 9.17) is 17.3 Å². The number of nitrogens with zero attached hydrogens (tertiary/aromatic N) is 1. The van der Waals surface area contributed by atoms with Crippen LogP contribution < -0.4 is 5.73 Å². The fraction of sp³-hybridized carbons (Fsp3) is 0.273. The summed E-state index contributed by atoms with van der Waals surface area (Å²) in [7, 11) is 0. The van der Waals surface area contributed by atoms with Crippen molar-refractivity contribution in [2.24, 2.45) is 5.73 Å². The molecule has 1 fully saturated rings. The van der Waals surface area contributed by atoms with Crippen molar-refractivity contribution in [2.75, 3.05) is 0 Å². The maximum atomic E-state index is 13.5. The zero-order valence-corrected chi connectivity index (χ0v) is 9.58. The Morgan fingerprint density at radius 2 is 2.18 bits per heavy atom. The Balaban J connectivity index is 2.27. The van der Waals surface area contributed by atoms with E-state index in [1.807, 2.05) is 0 Å². The Labute approximate surface area is 102 Å². The molecule has 2 N–H and O–H groups in total. The number of likely N-dealkylation sites (tertiary alicyclic amines) is 1. The minimum absolute atomic E-state index is 0.0368. The van der Waals surface area contributed by atoms with Crippen LogP contribution in [0.4, 0.5) is 4.39 Å². The molecule has 90 valence electrons. The summed E-state index contributed by atoms with van der Waals surface area (Å²) >= 11 is 5.82. The zero-order valence-electron chi connectivity index (χ0n) is 8.82. The maximum absolute atomic E-state index is 13.5. The quantitative estimate of drug-likeness (QED) is 0.805. The average molecular weight is 257 g/mol. The monoisotopic (exact) mass is 256 g/mol. The van der Waals surface area contributed by atoms with Gasteiger partial charge in [0.05, 0.1) is 19.0 Å². The standard InChI is InChI=1S/C11H10ClFN2O2/c12-7-2-1-3-8(13)6(7)5-15-10(16)4-9(14)11(15)17/h1-3,9H,4-5,14H2. The summed E-state index contributed by atoms with van der Waals surface area (Å²) in [5.74, 6) is -1.44. The van der Waals surface area contributed by atoms with Crippen molar-refractivity contribution in [1.82, 2.24) is 4.90 Å². The van der Waals surface area contributed by atoms with Gasteiger partial charge in [0.25, 0.3) is 0 Å². The van der Waals surface area contributed by atoms with E-state index in [1.54, 1.807) is 0 Å². The second-order valence-electron chi connectivity index (χ2n) is 3.83. The first-order valence-corrected chi connectivity index (χ1v) is 5.41. The number of hydrogen-bond acceptors (Lipinski definition) is 3. The lowest BCUT2D eigenvalue weighted by Gasteiger charge is -2.15. The summed E-state index contributed by atoms with van der Waals surface area (Å²) in [5, 5.41) is 0.186. The van der Waals surface area contributed by atoms with Crippen LogP contribution in [-0.4, -0.2) is 22.8 Å². The van der Waals surface area contributed by atoms with Crippen molar-refractivity contribution in [3.05, 3.63) is 34.6 Å². The molecule has 1 aliphatic heterocycles. The summed E-state index contributed by atoms with van der Waals surface area (Å²) in [4.78, 5) is 24.0. The number of hydrogen-bond donors (Lipinski definition) is 1. The largest absolute Gasteiger partial charge is 0.319 e. The van der Waals surface area contributed by atoms with Crippen LogP contribution in [0.15, 0.2) is 18.2 Å². The van der Waals surface area contributed by atoms with Crippen molar-refractivity contribution >= 4 is 23.4 Å². The van der Waals surface area contributed by atoms with Crippen LogP contribution >= 0.6 is 11.6 Å². The molecule has 0 radical (unpaired) electrons. The number of halogens is 2. The van der Waals surface area contributed by atoms with Crippen LogP contribution in [0.5, 0.6) is 0 Å². The van der Waals surface area contributed by atoms with Crippen molar-refractivity contribution < 1.29 is 14.0 Å². The lowest BCUT2D eigenvalue weighted by atomic mass is 10.2. The summed E-state index contributed by atoms with van der Waals surface area (Å²) in [6.45, 7) is -0.170. The van der Waals surface area contributed by atoms with E-state index >= 15 is 0 Å². The Hall–Kier alpha value is -1.46. The average Bonchev–Trinajstić information content (AvgIpc) is 2.49. The summed E-state index contributed by atoms with van der Waals surface area (Å²) in [5.41, 5.74) is 5.58. The molecular weight excluding hydrogens is 247 g/mol. The van der Waals surface area contributed by atoms with Gasteiger partial charge in [-0.3, -0.25) is 14.5 Å². The van der Waals surface area contributed by atoms with Crippen LogP contribution in [0.1, 0.15) is 12.0 Å². The number of amides is 2. The maximum Gasteiger partial charge on any atom is 0.246 e. The van der Waals surface area contributed by atoms with Gasteiger partial charge in [-0.25, -0.2) is 4.39 Å². The molecule has 6 heteroatoms. The number of carbonyl (C=O) groups excluding carboxylic acids is 2. The predicted octanol–water partition coefficient (Wildman–Crippen LogP) is 1.07. The van der Waals surface area contributed by atoms with E-state index in [1.165, 1.54) is 18.2 Å². The first-order valence-electron chi connectivity index (χ1n) is 5.03. The van der Waals surface area contributed by atoms with E-state index in [0.29, 0.717) is 0 Å². The highest BCUT2D eigenvalue weighted by Gasteiger charge is 2.36. The normalized spacial score (nSPS) is 20.2. The Morgan fingerprint density at radius 3 is 2.71 bits per heavy atom. The number of nitrogens with two attached hydrogens (primary N) is 1. The third kappa shape index (κ3) is 2.16. The molecule has 1 saturated heterocycles. The molecule has 0 aliphatic carbocycles. The highest BCUT2D eigenvalue weighted by molar-refractivity contribution is 6.31. The van der Waals surface area contributed by atoms with Gasteiger partial charge in [-0.1, -0.05) is 17.7 Å². The molecule has 0 bridgehead atoms. The molecule has 1 aliphatic rings. The van der Waals surface area contributed by atoms with E-state index < -0.39 is 23.7 Å². The van der Waals surface area contributed by atoms with Gasteiger partial charge in [-0.05, 0) is 12.1 Å². The van der Waals surface area contributed by atoms with Crippen LogP contribution in [-0.2, 0) is 16.1 Å². The molecule has 2 amide bonds. The third-order valence-corrected chi connectivity index (χ3v) is 3.01. The third-order valence-electron chi connectivity index (χ3n) is 2.66. The first-order chi connectivity index (χ1) is 8.00. The topological polar surface area (TPSA) is 63.4 Å². The van der Waals surface area contributed by atoms with Crippen molar-refractivity contribution in [3.63, 3.8) is 0 Å². The summed E-state index contributed by atoms with van der Waals surface area (Å²) < 4.78 is 13.5. The molecule has 0 aromatic heterocycles. The molecule has 17 heavy (non-hydrogen) atoms. The van der Waals surface area contributed by atoms with E-state index in [2.05, 4.69) is 0 Å². The molecule has 1 atom stereocenters. The first kappa shape index (κ1) is 12.0. The minimum atomic E-state index is -0.826. The molecular formula is C11H10ClFN2O2. The lowest BCUT2D eigenvalue weighted by molar-refractivity contribution is -0.139. The molecule has 0 saturated carbocycles. The van der Waals surface area contributed by atoms with Gasteiger partial charge in [0.1, 0.15) is 5.82 Å². The fourth-order valence-corrected chi connectivity index (χ4v) is 1.94. The van der Waals surface area contributed by atoms with E-state index in [-0.39, 0.29) is 23.6 Å². The van der Waals surface area contributed by atoms with Gasteiger partial charge in [0.2, 0.25) is 11.8 Å². The zero-order chi connectivity index (χ0) is 12.6. The van der Waals surface area contributed by atoms with Gasteiger partial charge in [-0.2, -0.15) is 0 Å². The second kappa shape index (κ2) is 4.43.